The molecule has 3 saturated heterocycles. The topological polar surface area (TPSA) is 15.3 Å². The van der Waals surface area contributed by atoms with E-state index in [1.54, 1.807) is 0 Å². The molecule has 4 rings (SSSR count). The molecule has 1 unspecified atom stereocenters. The van der Waals surface area contributed by atoms with E-state index in [4.69, 9.17) is 0 Å². The molecule has 0 spiro atoms. The highest BCUT2D eigenvalue weighted by atomic mass is 79.9. The van der Waals surface area contributed by atoms with Crippen LogP contribution in [0.3, 0.4) is 0 Å². The fraction of sp³-hybridized carbons (Fsp3) is 0.571. The molecule has 0 radical (unpaired) electrons. The lowest BCUT2D eigenvalue weighted by molar-refractivity contribution is 0.0720. The van der Waals surface area contributed by atoms with Crippen LogP contribution in [0.4, 0.5) is 4.39 Å². The summed E-state index contributed by atoms with van der Waals surface area (Å²) in [4.78, 5) is 2.54. The number of hydrogen-bond donors (Lipinski definition) is 1. The zero-order valence-electron chi connectivity index (χ0n) is 10.3. The quantitative estimate of drug-likeness (QED) is 0.923. The van der Waals surface area contributed by atoms with Crippen LogP contribution in [0.1, 0.15) is 18.4 Å². The van der Waals surface area contributed by atoms with Crippen LogP contribution < -0.4 is 5.32 Å². The van der Waals surface area contributed by atoms with Gasteiger partial charge in [-0.25, -0.2) is 4.39 Å². The molecular formula is C14H18BrFN2. The molecule has 0 aromatic heterocycles. The average molecular weight is 313 g/mol. The van der Waals surface area contributed by atoms with Crippen LogP contribution in [0.2, 0.25) is 0 Å². The van der Waals surface area contributed by atoms with E-state index in [1.807, 2.05) is 6.07 Å². The Morgan fingerprint density at radius 2 is 2.11 bits per heavy atom. The molecule has 1 aromatic rings. The summed E-state index contributed by atoms with van der Waals surface area (Å²) in [5, 5.41) is 3.64. The zero-order valence-corrected chi connectivity index (χ0v) is 11.9. The van der Waals surface area contributed by atoms with Gasteiger partial charge < -0.3 is 10.2 Å². The summed E-state index contributed by atoms with van der Waals surface area (Å²) in [6, 6.07) is 5.52. The molecule has 98 valence electrons. The summed E-state index contributed by atoms with van der Waals surface area (Å²) in [6.07, 6.45) is 2.64. The van der Waals surface area contributed by atoms with Crippen LogP contribution in [0, 0.1) is 11.7 Å². The van der Waals surface area contributed by atoms with E-state index < -0.39 is 0 Å². The van der Waals surface area contributed by atoms with Gasteiger partial charge in [0.2, 0.25) is 0 Å². The largest absolute Gasteiger partial charge is 0.308 e. The number of hydrogen-bond acceptors (Lipinski definition) is 2. The van der Waals surface area contributed by atoms with E-state index in [2.05, 4.69) is 26.1 Å². The Labute approximate surface area is 116 Å². The van der Waals surface area contributed by atoms with Gasteiger partial charge in [-0.1, -0.05) is 22.0 Å². The summed E-state index contributed by atoms with van der Waals surface area (Å²) in [5.41, 5.74) is 1.13. The van der Waals surface area contributed by atoms with Gasteiger partial charge in [0.05, 0.1) is 0 Å². The molecular weight excluding hydrogens is 295 g/mol. The third kappa shape index (κ3) is 2.60. The van der Waals surface area contributed by atoms with Crippen molar-refractivity contribution >= 4 is 15.9 Å². The average Bonchev–Trinajstić information content (AvgIpc) is 2.39. The van der Waals surface area contributed by atoms with Gasteiger partial charge in [-0.3, -0.25) is 0 Å². The Morgan fingerprint density at radius 1 is 1.33 bits per heavy atom. The Bertz CT molecular complexity index is 430. The van der Waals surface area contributed by atoms with Gasteiger partial charge in [0.15, 0.2) is 0 Å². The van der Waals surface area contributed by atoms with E-state index in [9.17, 15) is 4.39 Å². The van der Waals surface area contributed by atoms with Gasteiger partial charge in [0.1, 0.15) is 5.82 Å². The molecule has 2 nitrogen and oxygen atoms in total. The summed E-state index contributed by atoms with van der Waals surface area (Å²) in [7, 11) is 0. The molecule has 0 saturated carbocycles. The Kier molecular flexibility index (Phi) is 3.68. The van der Waals surface area contributed by atoms with Gasteiger partial charge in [-0.05, 0) is 49.5 Å². The maximum Gasteiger partial charge on any atom is 0.124 e. The zero-order chi connectivity index (χ0) is 12.5. The summed E-state index contributed by atoms with van der Waals surface area (Å²) in [6.45, 7) is 4.52. The number of benzene rings is 1. The van der Waals surface area contributed by atoms with Crippen LogP contribution in [0.5, 0.6) is 0 Å². The maximum absolute atomic E-state index is 13.0. The molecule has 2 bridgehead atoms. The Balaban J connectivity index is 1.61. The minimum Gasteiger partial charge on any atom is -0.308 e. The van der Waals surface area contributed by atoms with E-state index in [0.29, 0.717) is 6.04 Å². The molecule has 18 heavy (non-hydrogen) atoms. The first kappa shape index (κ1) is 12.6. The number of piperidine rings is 3. The van der Waals surface area contributed by atoms with Gasteiger partial charge in [0.25, 0.3) is 0 Å². The minimum absolute atomic E-state index is 0.187. The Morgan fingerprint density at radius 3 is 2.72 bits per heavy atom. The smallest absolute Gasteiger partial charge is 0.124 e. The van der Waals surface area contributed by atoms with Crippen molar-refractivity contribution in [1.29, 1.82) is 0 Å². The second kappa shape index (κ2) is 5.27. The van der Waals surface area contributed by atoms with Crippen molar-refractivity contribution in [2.75, 3.05) is 19.6 Å². The third-order valence-electron chi connectivity index (χ3n) is 4.23. The van der Waals surface area contributed by atoms with Crippen molar-refractivity contribution in [3.63, 3.8) is 0 Å². The first-order chi connectivity index (χ1) is 8.72. The molecule has 0 amide bonds. The highest BCUT2D eigenvalue weighted by Crippen LogP contribution is 2.28. The number of halogens is 2. The highest BCUT2D eigenvalue weighted by Gasteiger charge is 2.33. The number of nitrogens with zero attached hydrogens (tertiary/aromatic N) is 1. The van der Waals surface area contributed by atoms with Gasteiger partial charge in [-0.15, -0.1) is 0 Å². The van der Waals surface area contributed by atoms with E-state index >= 15 is 0 Å². The van der Waals surface area contributed by atoms with Gasteiger partial charge in [-0.2, -0.15) is 0 Å². The molecule has 3 fully saturated rings. The summed E-state index contributed by atoms with van der Waals surface area (Å²) < 4.78 is 13.9. The standard InChI is InChI=1S/C14H18BrFN2/c15-13-7-12(16)2-1-11(13)8-17-14-9-18-5-3-10(14)4-6-18/h1-2,7,10,14,17H,3-6,8-9H2. The highest BCUT2D eigenvalue weighted by molar-refractivity contribution is 9.10. The van der Waals surface area contributed by atoms with Crippen molar-refractivity contribution < 1.29 is 4.39 Å². The lowest BCUT2D eigenvalue weighted by Crippen LogP contribution is -2.55. The molecule has 3 heterocycles. The van der Waals surface area contributed by atoms with Crippen LogP contribution >= 0.6 is 15.9 Å². The van der Waals surface area contributed by atoms with Crippen LogP contribution in [-0.4, -0.2) is 30.6 Å². The SMILES string of the molecule is Fc1ccc(CNC2CN3CCC2CC3)c(Br)c1. The van der Waals surface area contributed by atoms with E-state index in [1.165, 1.54) is 44.6 Å². The van der Waals surface area contributed by atoms with Crippen LogP contribution in [-0.2, 0) is 6.54 Å². The molecule has 4 heteroatoms. The lowest BCUT2D eigenvalue weighted by Gasteiger charge is -2.45. The normalized spacial score (nSPS) is 30.7. The predicted octanol–water partition coefficient (Wildman–Crippen LogP) is 2.77. The lowest BCUT2D eigenvalue weighted by atomic mass is 9.84. The van der Waals surface area contributed by atoms with Crippen LogP contribution in [0.25, 0.3) is 0 Å². The monoisotopic (exact) mass is 312 g/mol. The van der Waals surface area contributed by atoms with Gasteiger partial charge >= 0.3 is 0 Å². The van der Waals surface area contributed by atoms with Crippen molar-refractivity contribution in [2.24, 2.45) is 5.92 Å². The second-order valence-corrected chi connectivity index (χ2v) is 6.22. The van der Waals surface area contributed by atoms with Crippen molar-refractivity contribution in [3.8, 4) is 0 Å². The van der Waals surface area contributed by atoms with Crippen molar-refractivity contribution in [3.05, 3.63) is 34.1 Å². The van der Waals surface area contributed by atoms with Crippen molar-refractivity contribution in [1.82, 2.24) is 10.2 Å². The fourth-order valence-corrected chi connectivity index (χ4v) is 3.59. The van der Waals surface area contributed by atoms with Gasteiger partial charge in [0, 0.05) is 23.6 Å². The van der Waals surface area contributed by atoms with E-state index in [-0.39, 0.29) is 5.82 Å². The number of rotatable bonds is 3. The third-order valence-corrected chi connectivity index (χ3v) is 4.96. The van der Waals surface area contributed by atoms with Crippen LogP contribution in [0.15, 0.2) is 22.7 Å². The van der Waals surface area contributed by atoms with Crippen molar-refractivity contribution in [2.45, 2.75) is 25.4 Å². The molecule has 1 atom stereocenters. The molecule has 3 aliphatic rings. The summed E-state index contributed by atoms with van der Waals surface area (Å²) >= 11 is 3.42. The molecule has 0 aliphatic carbocycles. The molecule has 3 aliphatic heterocycles. The predicted molar refractivity (Wildman–Crippen MR) is 73.9 cm³/mol. The first-order valence-electron chi connectivity index (χ1n) is 6.62. The second-order valence-electron chi connectivity index (χ2n) is 5.36. The maximum atomic E-state index is 13.0. The summed E-state index contributed by atoms with van der Waals surface area (Å²) in [5.74, 6) is 0.641. The fourth-order valence-electron chi connectivity index (χ4n) is 3.10. The number of fused-ring (bicyclic) bond motifs is 3. The molecule has 1 aromatic carbocycles. The number of nitrogens with one attached hydrogen (secondary N) is 1. The van der Waals surface area contributed by atoms with E-state index in [0.717, 1.165) is 22.5 Å². The minimum atomic E-state index is -0.187. The Hall–Kier alpha value is -0.450. The molecule has 1 N–H and O–H groups in total. The first-order valence-corrected chi connectivity index (χ1v) is 7.41.